The fraction of sp³-hybridized carbons (Fsp3) is 0.118. The van der Waals surface area contributed by atoms with E-state index in [2.05, 4.69) is 10.5 Å². The number of nitrogens with zero attached hydrogens (tertiary/aromatic N) is 2. The number of hydrogen-bond acceptors (Lipinski definition) is 4. The van der Waals surface area contributed by atoms with Crippen molar-refractivity contribution in [2.75, 3.05) is 11.4 Å². The highest BCUT2D eigenvalue weighted by atomic mass is 19.1. The topological polar surface area (TPSA) is 82.0 Å². The number of rotatable bonds is 4. The van der Waals surface area contributed by atoms with Gasteiger partial charge in [0.2, 0.25) is 5.91 Å². The fourth-order valence-electron chi connectivity index (χ4n) is 2.47. The minimum absolute atomic E-state index is 0.0428. The van der Waals surface area contributed by atoms with Crippen LogP contribution >= 0.6 is 0 Å². The second-order valence-corrected chi connectivity index (χ2v) is 5.28. The molecule has 0 aromatic heterocycles. The molecular weight excluding hydrogens is 313 g/mol. The molecule has 3 rings (SSSR count). The lowest BCUT2D eigenvalue weighted by Crippen LogP contribution is -2.37. The van der Waals surface area contributed by atoms with Gasteiger partial charge in [0.1, 0.15) is 18.1 Å². The van der Waals surface area contributed by atoms with Crippen molar-refractivity contribution in [3.8, 4) is 5.75 Å². The van der Waals surface area contributed by atoms with Gasteiger partial charge >= 0.3 is 0 Å². The van der Waals surface area contributed by atoms with Gasteiger partial charge in [-0.05, 0) is 35.9 Å². The van der Waals surface area contributed by atoms with Crippen LogP contribution in [-0.2, 0) is 16.0 Å². The Hall–Kier alpha value is -3.22. The fourth-order valence-corrected chi connectivity index (χ4v) is 2.47. The Morgan fingerprint density at radius 2 is 2.12 bits per heavy atom. The van der Waals surface area contributed by atoms with Crippen molar-refractivity contribution in [1.29, 1.82) is 0 Å². The zero-order chi connectivity index (χ0) is 17.1. The van der Waals surface area contributed by atoms with Gasteiger partial charge in [0.25, 0.3) is 5.91 Å². The molecule has 2 amide bonds. The van der Waals surface area contributed by atoms with Crippen LogP contribution in [0.4, 0.5) is 10.1 Å². The Morgan fingerprint density at radius 1 is 1.33 bits per heavy atom. The Balaban J connectivity index is 1.64. The average Bonchev–Trinajstić information content (AvgIpc) is 2.84. The number of hydrogen-bond donors (Lipinski definition) is 2. The zero-order valence-electron chi connectivity index (χ0n) is 12.6. The predicted octanol–water partition coefficient (Wildman–Crippen LogP) is 1.57. The van der Waals surface area contributed by atoms with E-state index in [-0.39, 0.29) is 24.6 Å². The minimum atomic E-state index is -0.493. The summed E-state index contributed by atoms with van der Waals surface area (Å²) in [5.74, 6) is -1.14. The van der Waals surface area contributed by atoms with Gasteiger partial charge in [0, 0.05) is 11.3 Å². The van der Waals surface area contributed by atoms with Crippen molar-refractivity contribution in [2.45, 2.75) is 6.42 Å². The van der Waals surface area contributed by atoms with E-state index in [1.807, 2.05) is 0 Å². The molecule has 122 valence electrons. The molecule has 0 spiro atoms. The van der Waals surface area contributed by atoms with Crippen molar-refractivity contribution in [2.24, 2.45) is 5.10 Å². The first kappa shape index (κ1) is 15.7. The molecule has 0 atom stereocenters. The van der Waals surface area contributed by atoms with Crippen LogP contribution in [0.5, 0.6) is 5.75 Å². The molecule has 0 saturated heterocycles. The molecule has 1 aliphatic rings. The molecule has 0 bridgehead atoms. The number of fused-ring (bicyclic) bond motifs is 1. The van der Waals surface area contributed by atoms with Crippen molar-refractivity contribution >= 4 is 23.7 Å². The van der Waals surface area contributed by atoms with E-state index in [1.165, 1.54) is 35.4 Å². The summed E-state index contributed by atoms with van der Waals surface area (Å²) in [6.07, 6.45) is 1.38. The summed E-state index contributed by atoms with van der Waals surface area (Å²) in [5.41, 5.74) is 3.84. The zero-order valence-corrected chi connectivity index (χ0v) is 12.6. The van der Waals surface area contributed by atoms with Gasteiger partial charge in [0.15, 0.2) is 0 Å². The summed E-state index contributed by atoms with van der Waals surface area (Å²) in [7, 11) is 0. The number of aromatic hydroxyl groups is 1. The molecule has 2 N–H and O–H groups in total. The minimum Gasteiger partial charge on any atom is -0.507 e. The van der Waals surface area contributed by atoms with Crippen LogP contribution in [0, 0.1) is 5.82 Å². The summed E-state index contributed by atoms with van der Waals surface area (Å²) in [6, 6.07) is 10.6. The van der Waals surface area contributed by atoms with E-state index in [0.29, 0.717) is 16.8 Å². The van der Waals surface area contributed by atoms with E-state index >= 15 is 0 Å². The monoisotopic (exact) mass is 327 g/mol. The number of benzene rings is 2. The third-order valence-electron chi connectivity index (χ3n) is 3.61. The summed E-state index contributed by atoms with van der Waals surface area (Å²) in [6.45, 7) is -0.213. The van der Waals surface area contributed by atoms with Crippen molar-refractivity contribution in [3.63, 3.8) is 0 Å². The number of phenolic OH excluding ortho intramolecular Hbond substituents is 1. The Bertz CT molecular complexity index is 836. The molecular formula is C17H14FN3O3. The van der Waals surface area contributed by atoms with Gasteiger partial charge in [0.05, 0.1) is 12.6 Å². The van der Waals surface area contributed by atoms with Crippen LogP contribution in [0.15, 0.2) is 47.6 Å². The van der Waals surface area contributed by atoms with Crippen LogP contribution in [0.2, 0.25) is 0 Å². The quantitative estimate of drug-likeness (QED) is 0.660. The van der Waals surface area contributed by atoms with Crippen molar-refractivity contribution < 1.29 is 19.1 Å². The molecule has 0 radical (unpaired) electrons. The van der Waals surface area contributed by atoms with Crippen LogP contribution in [0.25, 0.3) is 0 Å². The Kier molecular flexibility index (Phi) is 4.24. The summed E-state index contributed by atoms with van der Waals surface area (Å²) < 4.78 is 13.2. The largest absolute Gasteiger partial charge is 0.507 e. The van der Waals surface area contributed by atoms with E-state index < -0.39 is 11.7 Å². The van der Waals surface area contributed by atoms with E-state index in [4.69, 9.17) is 0 Å². The highest BCUT2D eigenvalue weighted by Crippen LogP contribution is 2.29. The van der Waals surface area contributed by atoms with E-state index in [9.17, 15) is 19.1 Å². The number of para-hydroxylation sites is 1. The van der Waals surface area contributed by atoms with Gasteiger partial charge < -0.3 is 10.0 Å². The normalized spacial score (nSPS) is 13.4. The first-order chi connectivity index (χ1) is 11.5. The van der Waals surface area contributed by atoms with Crippen molar-refractivity contribution in [1.82, 2.24) is 5.43 Å². The summed E-state index contributed by atoms with van der Waals surface area (Å²) >= 11 is 0. The SMILES string of the molecule is O=C(CN1C(=O)Cc2cc(F)ccc21)N/N=C/c1ccccc1O. The van der Waals surface area contributed by atoms with Crippen LogP contribution in [-0.4, -0.2) is 29.7 Å². The van der Waals surface area contributed by atoms with Gasteiger partial charge in [-0.25, -0.2) is 9.82 Å². The Morgan fingerprint density at radius 3 is 2.92 bits per heavy atom. The lowest BCUT2D eigenvalue weighted by molar-refractivity contribution is -0.123. The second kappa shape index (κ2) is 6.49. The molecule has 1 aliphatic heterocycles. The molecule has 6 nitrogen and oxygen atoms in total. The number of halogens is 1. The van der Waals surface area contributed by atoms with Gasteiger partial charge in [-0.1, -0.05) is 12.1 Å². The third kappa shape index (κ3) is 3.24. The Labute approximate surface area is 137 Å². The van der Waals surface area contributed by atoms with E-state index in [1.54, 1.807) is 18.2 Å². The average molecular weight is 327 g/mol. The standard InChI is InChI=1S/C17H14FN3O3/c18-13-5-6-14-12(7-13)8-17(24)21(14)10-16(23)20-19-9-11-3-1-2-4-15(11)22/h1-7,9,22H,8,10H2,(H,20,23)/b19-9+. The second-order valence-electron chi connectivity index (χ2n) is 5.28. The summed E-state index contributed by atoms with van der Waals surface area (Å²) in [4.78, 5) is 25.2. The smallest absolute Gasteiger partial charge is 0.260 e. The molecule has 0 unspecified atom stereocenters. The molecule has 0 fully saturated rings. The maximum absolute atomic E-state index is 13.2. The predicted molar refractivity (Wildman–Crippen MR) is 86.3 cm³/mol. The van der Waals surface area contributed by atoms with Gasteiger partial charge in [-0.2, -0.15) is 5.10 Å². The molecule has 7 heteroatoms. The first-order valence-electron chi connectivity index (χ1n) is 7.23. The number of amides is 2. The van der Waals surface area contributed by atoms with Gasteiger partial charge in [-0.3, -0.25) is 9.59 Å². The molecule has 1 heterocycles. The molecule has 2 aromatic carbocycles. The number of carbonyl (C=O) groups is 2. The molecule has 0 aliphatic carbocycles. The summed E-state index contributed by atoms with van der Waals surface area (Å²) in [5, 5.41) is 13.3. The number of phenols is 1. The molecule has 24 heavy (non-hydrogen) atoms. The number of nitrogens with one attached hydrogen (secondary N) is 1. The number of carbonyl (C=O) groups excluding carboxylic acids is 2. The highest BCUT2D eigenvalue weighted by Gasteiger charge is 2.28. The first-order valence-corrected chi connectivity index (χ1v) is 7.23. The lowest BCUT2D eigenvalue weighted by Gasteiger charge is -2.15. The number of anilines is 1. The maximum Gasteiger partial charge on any atom is 0.260 e. The third-order valence-corrected chi connectivity index (χ3v) is 3.61. The van der Waals surface area contributed by atoms with Crippen LogP contribution in [0.1, 0.15) is 11.1 Å². The highest BCUT2D eigenvalue weighted by molar-refractivity contribution is 6.05. The molecule has 0 saturated carbocycles. The maximum atomic E-state index is 13.2. The molecule has 2 aromatic rings. The lowest BCUT2D eigenvalue weighted by atomic mass is 10.1. The van der Waals surface area contributed by atoms with E-state index in [0.717, 1.165) is 0 Å². The van der Waals surface area contributed by atoms with Crippen LogP contribution < -0.4 is 10.3 Å². The van der Waals surface area contributed by atoms with Crippen LogP contribution in [0.3, 0.4) is 0 Å². The number of hydrazone groups is 1. The van der Waals surface area contributed by atoms with Crippen molar-refractivity contribution in [3.05, 3.63) is 59.4 Å². The van der Waals surface area contributed by atoms with Gasteiger partial charge in [-0.15, -0.1) is 0 Å².